The first kappa shape index (κ1) is 24.7. The molecule has 1 aliphatic heterocycles. The first-order valence-corrected chi connectivity index (χ1v) is 12.0. The van der Waals surface area contributed by atoms with Gasteiger partial charge in [-0.1, -0.05) is 45.0 Å². The van der Waals surface area contributed by atoms with Gasteiger partial charge in [0.25, 0.3) is 5.56 Å². The summed E-state index contributed by atoms with van der Waals surface area (Å²) >= 11 is 0. The number of rotatable bonds is 6. The second kappa shape index (κ2) is 10.0. The van der Waals surface area contributed by atoms with E-state index in [0.29, 0.717) is 31.2 Å². The van der Waals surface area contributed by atoms with Crippen LogP contribution in [0.1, 0.15) is 44.9 Å². The average Bonchev–Trinajstić information content (AvgIpc) is 2.81. The number of hydrogen-bond donors (Lipinski definition) is 2. The van der Waals surface area contributed by atoms with E-state index in [0.717, 1.165) is 30.6 Å². The Kier molecular flexibility index (Phi) is 7.07. The van der Waals surface area contributed by atoms with Crippen LogP contribution in [0.15, 0.2) is 47.4 Å². The average molecular weight is 479 g/mol. The minimum Gasteiger partial charge on any atom is -0.465 e. The maximum atomic E-state index is 12.5. The summed E-state index contributed by atoms with van der Waals surface area (Å²) in [6.07, 6.45) is 0.909. The van der Waals surface area contributed by atoms with Crippen LogP contribution in [-0.2, 0) is 13.1 Å². The Morgan fingerprint density at radius 1 is 1.09 bits per heavy atom. The van der Waals surface area contributed by atoms with Crippen molar-refractivity contribution in [2.24, 2.45) is 5.41 Å². The summed E-state index contributed by atoms with van der Waals surface area (Å²) in [6.45, 7) is 12.3. The number of nitrogens with one attached hydrogen (secondary N) is 1. The van der Waals surface area contributed by atoms with Crippen LogP contribution in [0.4, 0.5) is 10.7 Å². The van der Waals surface area contributed by atoms with Crippen molar-refractivity contribution in [1.29, 1.82) is 0 Å². The molecule has 0 bridgehead atoms. The number of anilines is 1. The van der Waals surface area contributed by atoms with Crippen LogP contribution in [-0.4, -0.2) is 61.7 Å². The van der Waals surface area contributed by atoms with Gasteiger partial charge in [0.2, 0.25) is 5.95 Å². The van der Waals surface area contributed by atoms with Crippen molar-refractivity contribution < 1.29 is 9.90 Å². The van der Waals surface area contributed by atoms with E-state index in [1.165, 1.54) is 10.5 Å². The van der Waals surface area contributed by atoms with Crippen molar-refractivity contribution in [2.45, 2.75) is 46.8 Å². The van der Waals surface area contributed by atoms with Crippen molar-refractivity contribution in [3.05, 3.63) is 64.1 Å². The first-order chi connectivity index (χ1) is 16.6. The second-order valence-corrected chi connectivity index (χ2v) is 10.4. The van der Waals surface area contributed by atoms with Gasteiger partial charge in [0, 0.05) is 56.9 Å². The van der Waals surface area contributed by atoms with Gasteiger partial charge in [0.1, 0.15) is 5.65 Å². The van der Waals surface area contributed by atoms with Crippen LogP contribution in [0.5, 0.6) is 0 Å². The van der Waals surface area contributed by atoms with Crippen molar-refractivity contribution in [1.82, 2.24) is 24.3 Å². The van der Waals surface area contributed by atoms with Gasteiger partial charge >= 0.3 is 6.09 Å². The van der Waals surface area contributed by atoms with E-state index in [9.17, 15) is 9.59 Å². The summed E-state index contributed by atoms with van der Waals surface area (Å²) in [5.74, 6) is 0.485. The van der Waals surface area contributed by atoms with E-state index in [-0.39, 0.29) is 17.0 Å². The minimum absolute atomic E-state index is 0.0212. The van der Waals surface area contributed by atoms with Crippen LogP contribution < -0.4 is 10.9 Å². The maximum absolute atomic E-state index is 12.5. The van der Waals surface area contributed by atoms with Gasteiger partial charge in [-0.15, -0.1) is 0 Å². The summed E-state index contributed by atoms with van der Waals surface area (Å²) in [4.78, 5) is 36.5. The Bertz CT molecular complexity index is 1240. The standard InChI is InChI=1S/C26H34N6O3/c1-18(20-7-5-19(6-8-20)16-30-11-13-31(14-12-30)25(34)35)28-24-27-15-21-9-10-22(33)32(23(21)29-24)17-26(2,3)4/h5-10,15,18H,11-14,16-17H2,1-4H3,(H,34,35)(H,27,28,29)/t18-/m0/s1. The van der Waals surface area contributed by atoms with Gasteiger partial charge in [0.05, 0.1) is 6.04 Å². The molecule has 0 spiro atoms. The van der Waals surface area contributed by atoms with Crippen molar-refractivity contribution >= 4 is 23.1 Å². The number of aromatic nitrogens is 3. The molecule has 1 aromatic carbocycles. The second-order valence-electron chi connectivity index (χ2n) is 10.4. The van der Waals surface area contributed by atoms with Gasteiger partial charge in [-0.2, -0.15) is 4.98 Å². The molecule has 0 radical (unpaired) electrons. The molecule has 2 aromatic heterocycles. The largest absolute Gasteiger partial charge is 0.465 e. The minimum atomic E-state index is -0.844. The van der Waals surface area contributed by atoms with E-state index < -0.39 is 6.09 Å². The Morgan fingerprint density at radius 3 is 2.40 bits per heavy atom. The molecule has 3 heterocycles. The van der Waals surface area contributed by atoms with Crippen LogP contribution in [0.3, 0.4) is 0 Å². The normalized spacial score (nSPS) is 15.8. The number of benzene rings is 1. The number of amides is 1. The lowest BCUT2D eigenvalue weighted by Gasteiger charge is -2.33. The van der Waals surface area contributed by atoms with Crippen LogP contribution in [0.25, 0.3) is 11.0 Å². The molecule has 9 nitrogen and oxygen atoms in total. The van der Waals surface area contributed by atoms with Crippen LogP contribution in [0, 0.1) is 5.41 Å². The number of pyridine rings is 1. The molecule has 0 aliphatic carbocycles. The van der Waals surface area contributed by atoms with E-state index in [2.05, 4.69) is 72.1 Å². The number of nitrogens with zero attached hydrogens (tertiary/aromatic N) is 5. The molecule has 4 rings (SSSR count). The molecular weight excluding hydrogens is 444 g/mol. The van der Waals surface area contributed by atoms with Gasteiger partial charge < -0.3 is 15.3 Å². The summed E-state index contributed by atoms with van der Waals surface area (Å²) in [5, 5.41) is 13.3. The summed E-state index contributed by atoms with van der Waals surface area (Å²) in [7, 11) is 0. The lowest BCUT2D eigenvalue weighted by molar-refractivity contribution is 0.103. The highest BCUT2D eigenvalue weighted by molar-refractivity contribution is 5.75. The molecule has 0 unspecified atom stereocenters. The smallest absolute Gasteiger partial charge is 0.407 e. The lowest BCUT2D eigenvalue weighted by Crippen LogP contribution is -2.47. The van der Waals surface area contributed by atoms with E-state index in [4.69, 9.17) is 5.11 Å². The van der Waals surface area contributed by atoms with E-state index in [1.807, 2.05) is 0 Å². The molecule has 1 saturated heterocycles. The summed E-state index contributed by atoms with van der Waals surface area (Å²) in [5.41, 5.74) is 2.81. The zero-order chi connectivity index (χ0) is 25.2. The third-order valence-corrected chi connectivity index (χ3v) is 6.23. The molecule has 9 heteroatoms. The fourth-order valence-corrected chi connectivity index (χ4v) is 4.31. The van der Waals surface area contributed by atoms with Crippen molar-refractivity contribution in [2.75, 3.05) is 31.5 Å². The Hall–Kier alpha value is -3.46. The van der Waals surface area contributed by atoms with E-state index >= 15 is 0 Å². The van der Waals surface area contributed by atoms with Crippen LogP contribution >= 0.6 is 0 Å². The first-order valence-electron chi connectivity index (χ1n) is 12.0. The quantitative estimate of drug-likeness (QED) is 0.555. The molecule has 35 heavy (non-hydrogen) atoms. The topological polar surface area (TPSA) is 104 Å². The lowest BCUT2D eigenvalue weighted by atomic mass is 9.97. The SMILES string of the molecule is C[C@H](Nc1ncc2ccc(=O)n(CC(C)(C)C)c2n1)c1ccc(CN2CCN(C(=O)O)CC2)cc1. The molecule has 1 atom stereocenters. The summed E-state index contributed by atoms with van der Waals surface area (Å²) in [6, 6.07) is 11.7. The van der Waals surface area contributed by atoms with Gasteiger partial charge in [-0.3, -0.25) is 14.3 Å². The Balaban J connectivity index is 1.43. The fraction of sp³-hybridized carbons (Fsp3) is 0.462. The summed E-state index contributed by atoms with van der Waals surface area (Å²) < 4.78 is 1.72. The fourth-order valence-electron chi connectivity index (χ4n) is 4.31. The highest BCUT2D eigenvalue weighted by Crippen LogP contribution is 2.22. The molecule has 2 N–H and O–H groups in total. The highest BCUT2D eigenvalue weighted by Gasteiger charge is 2.20. The third-order valence-electron chi connectivity index (χ3n) is 6.23. The zero-order valence-corrected chi connectivity index (χ0v) is 20.9. The third kappa shape index (κ3) is 6.16. The molecule has 1 aliphatic rings. The Morgan fingerprint density at radius 2 is 1.77 bits per heavy atom. The predicted octanol–water partition coefficient (Wildman–Crippen LogP) is 3.81. The van der Waals surface area contributed by atoms with Gasteiger partial charge in [0.15, 0.2) is 0 Å². The number of carboxylic acid groups (broad SMARTS) is 1. The molecule has 0 saturated carbocycles. The molecule has 3 aromatic rings. The number of piperazine rings is 1. The predicted molar refractivity (Wildman–Crippen MR) is 137 cm³/mol. The molecule has 1 amide bonds. The number of hydrogen-bond acceptors (Lipinski definition) is 6. The number of carbonyl (C=O) groups is 1. The van der Waals surface area contributed by atoms with E-state index in [1.54, 1.807) is 22.9 Å². The van der Waals surface area contributed by atoms with Crippen molar-refractivity contribution in [3.8, 4) is 0 Å². The van der Waals surface area contributed by atoms with Crippen molar-refractivity contribution in [3.63, 3.8) is 0 Å². The highest BCUT2D eigenvalue weighted by atomic mass is 16.4. The number of fused-ring (bicyclic) bond motifs is 1. The zero-order valence-electron chi connectivity index (χ0n) is 20.9. The monoisotopic (exact) mass is 478 g/mol. The molecule has 186 valence electrons. The maximum Gasteiger partial charge on any atom is 0.407 e. The van der Waals surface area contributed by atoms with Gasteiger partial charge in [-0.05, 0) is 29.5 Å². The van der Waals surface area contributed by atoms with Crippen LogP contribution in [0.2, 0.25) is 0 Å². The van der Waals surface area contributed by atoms with Gasteiger partial charge in [-0.25, -0.2) is 9.78 Å². The molecular formula is C26H34N6O3. The molecule has 1 fully saturated rings. The Labute approximate surface area is 205 Å².